The molecule has 0 radical (unpaired) electrons. The van der Waals surface area contributed by atoms with Gasteiger partial charge in [0.2, 0.25) is 0 Å². The van der Waals surface area contributed by atoms with Crippen LogP contribution in [0.2, 0.25) is 0 Å². The first-order chi connectivity index (χ1) is 3.55. The first kappa shape index (κ1) is 12.6. The SMILES string of the molecule is CC(C(=O)O)=S(C)C.[Ar]. The molecule has 9 heavy (non-hydrogen) atoms. The van der Waals surface area contributed by atoms with Gasteiger partial charge in [-0.05, 0) is 19.4 Å². The third-order valence-electron chi connectivity index (χ3n) is 0.914. The Balaban J connectivity index is 0. The Bertz CT molecular complexity index is 138. The number of hydrogen-bond acceptors (Lipinski definition) is 1. The normalized spacial score (nSPS) is 8.44. The van der Waals surface area contributed by atoms with Crippen molar-refractivity contribution in [2.75, 3.05) is 12.5 Å². The Kier molecular flexibility index (Phi) is 8.01. The molecule has 0 unspecified atom stereocenters. The first-order valence-electron chi connectivity index (χ1n) is 2.20. The maximum absolute atomic E-state index is 10.1. The molecule has 0 aromatic carbocycles. The average molecular weight is 174 g/mol. The minimum Gasteiger partial charge on any atom is -0.478 e. The molecular formula is C5H10ArO2S. The smallest absolute Gasteiger partial charge is 0.336 e. The Morgan fingerprint density at radius 1 is 1.44 bits per heavy atom. The molecule has 0 heterocycles. The molecule has 1 N–H and O–H groups in total. The summed E-state index contributed by atoms with van der Waals surface area (Å²) >= 11 is 0. The van der Waals surface area contributed by atoms with E-state index in [4.69, 9.17) is 5.11 Å². The van der Waals surface area contributed by atoms with Crippen molar-refractivity contribution in [1.82, 2.24) is 0 Å². The summed E-state index contributed by atoms with van der Waals surface area (Å²) in [5.41, 5.74) is 0. The second kappa shape index (κ2) is 5.71. The van der Waals surface area contributed by atoms with E-state index in [2.05, 4.69) is 0 Å². The summed E-state index contributed by atoms with van der Waals surface area (Å²) in [5.74, 6) is -0.779. The van der Waals surface area contributed by atoms with Gasteiger partial charge in [0.1, 0.15) is 0 Å². The molecule has 0 bridgehead atoms. The van der Waals surface area contributed by atoms with Crippen LogP contribution in [0.4, 0.5) is 0 Å². The zero-order chi connectivity index (χ0) is 6.73. The Hall–Kier alpha value is 0.950. The molecule has 0 aliphatic rings. The van der Waals surface area contributed by atoms with Gasteiger partial charge in [-0.1, -0.05) is 0 Å². The molecule has 2 nitrogen and oxygen atoms in total. The first-order valence-corrected chi connectivity index (χ1v) is 4.24. The van der Waals surface area contributed by atoms with E-state index in [9.17, 15) is 4.79 Å². The molecule has 0 rings (SSSR count). The van der Waals surface area contributed by atoms with Crippen LogP contribution in [0.3, 0.4) is 0 Å². The van der Waals surface area contributed by atoms with E-state index in [1.54, 1.807) is 6.92 Å². The van der Waals surface area contributed by atoms with Crippen LogP contribution in [0, 0.1) is 37.7 Å². The molecule has 0 aromatic heterocycles. The standard InChI is InChI=1S/C5H10O2S.Ar/c1-4(5(6)7)8(2)3;/h1-3H3,(H,6,7);. The van der Waals surface area contributed by atoms with Crippen LogP contribution in [0.15, 0.2) is 0 Å². The molecule has 0 saturated carbocycles. The summed E-state index contributed by atoms with van der Waals surface area (Å²) in [5, 5.41) is 8.32. The minimum absolute atomic E-state index is 0. The van der Waals surface area contributed by atoms with Crippen LogP contribution >= 0.6 is 10.5 Å². The summed E-state index contributed by atoms with van der Waals surface area (Å²) in [4.78, 5) is 10.7. The molecule has 0 aliphatic heterocycles. The molecule has 56 valence electrons. The summed E-state index contributed by atoms with van der Waals surface area (Å²) in [6.07, 6.45) is 3.78. The molecule has 0 aliphatic carbocycles. The van der Waals surface area contributed by atoms with E-state index in [0.29, 0.717) is 4.86 Å². The van der Waals surface area contributed by atoms with Gasteiger partial charge in [-0.15, -0.1) is 0 Å². The second-order valence-corrected chi connectivity index (χ2v) is 3.92. The van der Waals surface area contributed by atoms with Crippen molar-refractivity contribution in [3.63, 3.8) is 0 Å². The van der Waals surface area contributed by atoms with Crippen molar-refractivity contribution in [3.05, 3.63) is 0 Å². The fourth-order valence-electron chi connectivity index (χ4n) is 0.175. The van der Waals surface area contributed by atoms with Gasteiger partial charge in [-0.25, -0.2) is 4.79 Å². The van der Waals surface area contributed by atoms with Crippen molar-refractivity contribution in [1.29, 1.82) is 0 Å². The summed E-state index contributed by atoms with van der Waals surface area (Å²) < 4.78 is 0. The van der Waals surface area contributed by atoms with E-state index in [1.165, 1.54) is 0 Å². The van der Waals surface area contributed by atoms with E-state index in [1.807, 2.05) is 12.5 Å². The molecule has 0 saturated heterocycles. The number of aliphatic carboxylic acids is 1. The van der Waals surface area contributed by atoms with E-state index in [-0.39, 0.29) is 48.2 Å². The third kappa shape index (κ3) is 5.40. The number of hydrogen-bond donors (Lipinski definition) is 1. The van der Waals surface area contributed by atoms with Crippen LogP contribution in [-0.4, -0.2) is 28.5 Å². The Morgan fingerprint density at radius 2 is 1.78 bits per heavy atom. The zero-order valence-corrected chi connectivity index (χ0v) is 7.14. The molecule has 0 amide bonds. The van der Waals surface area contributed by atoms with Crippen molar-refractivity contribution in [2.24, 2.45) is 0 Å². The van der Waals surface area contributed by atoms with Gasteiger partial charge in [0.25, 0.3) is 0 Å². The predicted octanol–water partition coefficient (Wildman–Crippen LogP) is 0.792. The van der Waals surface area contributed by atoms with Crippen molar-refractivity contribution < 1.29 is 47.6 Å². The van der Waals surface area contributed by atoms with E-state index < -0.39 is 5.97 Å². The Labute approximate surface area is 87.6 Å². The fraction of sp³-hybridized carbons (Fsp3) is 0.600. The van der Waals surface area contributed by atoms with Gasteiger partial charge in [0, 0.05) is 37.7 Å². The molecule has 4 heteroatoms. The monoisotopic (exact) mass is 174 g/mol. The maximum atomic E-state index is 10.1. The molecule has 0 fully saturated rings. The molecular weight excluding hydrogens is 164 g/mol. The molecule has 0 spiro atoms. The largest absolute Gasteiger partial charge is 0.478 e. The van der Waals surface area contributed by atoms with Crippen LogP contribution in [0.25, 0.3) is 0 Å². The summed E-state index contributed by atoms with van der Waals surface area (Å²) in [6, 6.07) is 0. The number of carbonyl (C=O) groups is 1. The fourth-order valence-corrected chi connectivity index (χ4v) is 0.524. The van der Waals surface area contributed by atoms with Crippen LogP contribution in [0.1, 0.15) is 6.92 Å². The van der Waals surface area contributed by atoms with Gasteiger partial charge in [0.15, 0.2) is 0 Å². The number of carboxylic acid groups (broad SMARTS) is 1. The van der Waals surface area contributed by atoms with Crippen LogP contribution < -0.4 is 0 Å². The average Bonchev–Trinajstić information content (AvgIpc) is 1.64. The second-order valence-electron chi connectivity index (χ2n) is 1.68. The summed E-state index contributed by atoms with van der Waals surface area (Å²) in [7, 11) is -0.0733. The van der Waals surface area contributed by atoms with Gasteiger partial charge in [-0.2, -0.15) is 10.5 Å². The molecule has 0 atom stereocenters. The summed E-state index contributed by atoms with van der Waals surface area (Å²) in [6.45, 7) is 1.64. The predicted molar refractivity (Wildman–Crippen MR) is 37.8 cm³/mol. The quantitative estimate of drug-likeness (QED) is 0.597. The van der Waals surface area contributed by atoms with E-state index in [0.717, 1.165) is 0 Å². The Morgan fingerprint density at radius 3 is 1.78 bits per heavy atom. The van der Waals surface area contributed by atoms with Crippen molar-refractivity contribution >= 4 is 21.3 Å². The van der Waals surface area contributed by atoms with E-state index >= 15 is 0 Å². The van der Waals surface area contributed by atoms with Crippen molar-refractivity contribution in [3.8, 4) is 0 Å². The topological polar surface area (TPSA) is 37.3 Å². The third-order valence-corrected chi connectivity index (χ3v) is 2.31. The van der Waals surface area contributed by atoms with Crippen LogP contribution in [0.5, 0.6) is 0 Å². The van der Waals surface area contributed by atoms with Gasteiger partial charge >= 0.3 is 5.97 Å². The zero-order valence-electron chi connectivity index (χ0n) is 5.62. The number of carboxylic acids is 1. The number of rotatable bonds is 1. The maximum Gasteiger partial charge on any atom is 0.336 e. The molecule has 0 aromatic rings. The van der Waals surface area contributed by atoms with Crippen LogP contribution in [-0.2, 0) is 4.79 Å². The van der Waals surface area contributed by atoms with Gasteiger partial charge in [0.05, 0.1) is 4.86 Å². The van der Waals surface area contributed by atoms with Gasteiger partial charge < -0.3 is 5.11 Å². The van der Waals surface area contributed by atoms with Crippen molar-refractivity contribution in [2.45, 2.75) is 6.92 Å². The van der Waals surface area contributed by atoms with Gasteiger partial charge in [-0.3, -0.25) is 0 Å². The minimum atomic E-state index is -0.779.